The molecule has 0 aliphatic heterocycles. The van der Waals surface area contributed by atoms with Gasteiger partial charge in [-0.2, -0.15) is 0 Å². The van der Waals surface area contributed by atoms with Gasteiger partial charge in [-0.15, -0.1) is 0 Å². The molecule has 0 spiro atoms. The normalized spacial score (nSPS) is 37.8. The Labute approximate surface area is 110 Å². The average Bonchev–Trinajstić information content (AvgIpc) is 2.31. The maximum absolute atomic E-state index is 2.52. The Bertz CT molecular complexity index is 194. The smallest absolute Gasteiger partial charge is 0.0363 e. The van der Waals surface area contributed by atoms with Gasteiger partial charge in [0, 0.05) is 0 Å². The summed E-state index contributed by atoms with van der Waals surface area (Å²) in [4.78, 5) is 0. The van der Waals surface area contributed by atoms with Gasteiger partial charge in [0.25, 0.3) is 0 Å². The molecule has 0 aromatic heterocycles. The Morgan fingerprint density at radius 1 is 0.706 bits per heavy atom. The van der Waals surface area contributed by atoms with E-state index < -0.39 is 0 Å². The third kappa shape index (κ3) is 4.64. The predicted octanol–water partition coefficient (Wildman–Crippen LogP) is 5.91. The Hall–Kier alpha value is 0. The molecule has 1 fully saturated rings. The Balaban J connectivity index is 2.68. The maximum Gasteiger partial charge on any atom is -0.0363 e. The largest absolute Gasteiger partial charge is 0.0625 e. The molecule has 0 radical (unpaired) electrons. The highest BCUT2D eigenvalue weighted by molar-refractivity contribution is 4.77. The molecule has 1 saturated carbocycles. The fraction of sp³-hybridized carbons (Fsp3) is 1.00. The zero-order valence-corrected chi connectivity index (χ0v) is 12.8. The molecule has 0 saturated heterocycles. The van der Waals surface area contributed by atoms with Crippen molar-refractivity contribution < 1.29 is 0 Å². The van der Waals surface area contributed by atoms with E-state index in [1.807, 2.05) is 0 Å². The van der Waals surface area contributed by atoms with Crippen LogP contribution in [-0.4, -0.2) is 0 Å². The van der Waals surface area contributed by atoms with Crippen molar-refractivity contribution in [3.05, 3.63) is 0 Å². The highest BCUT2D eigenvalue weighted by Crippen LogP contribution is 2.37. The third-order valence-corrected chi connectivity index (χ3v) is 5.46. The summed E-state index contributed by atoms with van der Waals surface area (Å²) in [6.45, 7) is 12.4. The molecule has 102 valence electrons. The van der Waals surface area contributed by atoms with Crippen LogP contribution in [0.2, 0.25) is 0 Å². The summed E-state index contributed by atoms with van der Waals surface area (Å²) < 4.78 is 0. The van der Waals surface area contributed by atoms with E-state index in [0.29, 0.717) is 0 Å². The maximum atomic E-state index is 2.52. The highest BCUT2D eigenvalue weighted by Gasteiger charge is 2.28. The van der Waals surface area contributed by atoms with Crippen molar-refractivity contribution in [2.45, 2.75) is 79.6 Å². The van der Waals surface area contributed by atoms with Crippen LogP contribution in [0.5, 0.6) is 0 Å². The van der Waals surface area contributed by atoms with Gasteiger partial charge in [0.1, 0.15) is 0 Å². The van der Waals surface area contributed by atoms with E-state index in [-0.39, 0.29) is 0 Å². The highest BCUT2D eigenvalue weighted by atomic mass is 14.3. The van der Waals surface area contributed by atoms with Crippen LogP contribution in [0.25, 0.3) is 0 Å². The first-order chi connectivity index (χ1) is 8.04. The van der Waals surface area contributed by atoms with Crippen molar-refractivity contribution in [2.75, 3.05) is 0 Å². The van der Waals surface area contributed by atoms with Crippen molar-refractivity contribution in [2.24, 2.45) is 29.6 Å². The van der Waals surface area contributed by atoms with Gasteiger partial charge in [0.05, 0.1) is 0 Å². The lowest BCUT2D eigenvalue weighted by atomic mass is 9.71. The summed E-state index contributed by atoms with van der Waals surface area (Å²) >= 11 is 0. The molecule has 1 aliphatic carbocycles. The van der Waals surface area contributed by atoms with Gasteiger partial charge < -0.3 is 0 Å². The number of rotatable bonds is 1. The summed E-state index contributed by atoms with van der Waals surface area (Å²) in [5.41, 5.74) is 0. The van der Waals surface area contributed by atoms with Gasteiger partial charge in [-0.05, 0) is 36.0 Å². The van der Waals surface area contributed by atoms with E-state index in [1.165, 1.54) is 44.9 Å². The average molecular weight is 238 g/mol. The lowest BCUT2D eigenvalue weighted by Gasteiger charge is -2.35. The second kappa shape index (κ2) is 7.44. The minimum Gasteiger partial charge on any atom is -0.0625 e. The second-order valence-electron chi connectivity index (χ2n) is 6.95. The summed E-state index contributed by atoms with van der Waals surface area (Å²) in [6, 6.07) is 0. The predicted molar refractivity (Wildman–Crippen MR) is 78.1 cm³/mol. The lowest BCUT2D eigenvalue weighted by Crippen LogP contribution is -2.27. The van der Waals surface area contributed by atoms with E-state index in [0.717, 1.165) is 29.6 Å². The first-order valence-corrected chi connectivity index (χ1v) is 8.04. The van der Waals surface area contributed by atoms with Crippen molar-refractivity contribution in [3.8, 4) is 0 Å². The molecule has 0 amide bonds. The number of hydrogen-bond acceptors (Lipinski definition) is 0. The Morgan fingerprint density at radius 3 is 1.82 bits per heavy atom. The standard InChI is InChI=1S/C17H34/c1-13(2)17-12-10-8-6-7-9-11-14(3)15(4)16(17)5/h13-17H,6-12H2,1-5H3. The van der Waals surface area contributed by atoms with Gasteiger partial charge in [0.2, 0.25) is 0 Å². The fourth-order valence-electron chi connectivity index (χ4n) is 3.75. The van der Waals surface area contributed by atoms with Crippen LogP contribution in [0, 0.1) is 29.6 Å². The topological polar surface area (TPSA) is 0 Å². The Morgan fingerprint density at radius 2 is 1.24 bits per heavy atom. The summed E-state index contributed by atoms with van der Waals surface area (Å²) in [5.74, 6) is 4.54. The van der Waals surface area contributed by atoms with Crippen molar-refractivity contribution in [1.82, 2.24) is 0 Å². The monoisotopic (exact) mass is 238 g/mol. The minimum atomic E-state index is 0.861. The molecule has 1 aliphatic rings. The van der Waals surface area contributed by atoms with Crippen LogP contribution in [-0.2, 0) is 0 Å². The lowest BCUT2D eigenvalue weighted by molar-refractivity contribution is 0.148. The molecule has 0 aromatic rings. The van der Waals surface area contributed by atoms with Crippen LogP contribution < -0.4 is 0 Å². The summed E-state index contributed by atoms with van der Waals surface area (Å²) in [5, 5.41) is 0. The molecule has 0 N–H and O–H groups in total. The minimum absolute atomic E-state index is 0.861. The van der Waals surface area contributed by atoms with E-state index in [4.69, 9.17) is 0 Å². The van der Waals surface area contributed by atoms with Crippen molar-refractivity contribution >= 4 is 0 Å². The molecule has 4 unspecified atom stereocenters. The van der Waals surface area contributed by atoms with Crippen molar-refractivity contribution in [1.29, 1.82) is 0 Å². The van der Waals surface area contributed by atoms with Crippen LogP contribution >= 0.6 is 0 Å². The van der Waals surface area contributed by atoms with Gasteiger partial charge in [-0.3, -0.25) is 0 Å². The molecule has 0 nitrogen and oxygen atoms in total. The first kappa shape index (κ1) is 15.1. The van der Waals surface area contributed by atoms with E-state index >= 15 is 0 Å². The zero-order chi connectivity index (χ0) is 12.8. The summed E-state index contributed by atoms with van der Waals surface area (Å²) in [7, 11) is 0. The summed E-state index contributed by atoms with van der Waals surface area (Å²) in [6.07, 6.45) is 10.3. The quantitative estimate of drug-likeness (QED) is 0.532. The van der Waals surface area contributed by atoms with Crippen LogP contribution in [0.4, 0.5) is 0 Å². The van der Waals surface area contributed by atoms with Crippen LogP contribution in [0.15, 0.2) is 0 Å². The molecule has 17 heavy (non-hydrogen) atoms. The van der Waals surface area contributed by atoms with Gasteiger partial charge >= 0.3 is 0 Å². The molecule has 4 atom stereocenters. The Kier molecular flexibility index (Phi) is 6.59. The third-order valence-electron chi connectivity index (χ3n) is 5.46. The van der Waals surface area contributed by atoms with Gasteiger partial charge in [-0.1, -0.05) is 73.1 Å². The van der Waals surface area contributed by atoms with Gasteiger partial charge in [-0.25, -0.2) is 0 Å². The molecule has 0 aromatic carbocycles. The molecule has 0 heteroatoms. The van der Waals surface area contributed by atoms with E-state index in [1.54, 1.807) is 0 Å². The van der Waals surface area contributed by atoms with Crippen molar-refractivity contribution in [3.63, 3.8) is 0 Å². The molecule has 1 rings (SSSR count). The SMILES string of the molecule is CC(C)C1CCCCCCCC(C)C(C)C1C. The second-order valence-corrected chi connectivity index (χ2v) is 6.95. The van der Waals surface area contributed by atoms with Crippen LogP contribution in [0.3, 0.4) is 0 Å². The fourth-order valence-corrected chi connectivity index (χ4v) is 3.75. The first-order valence-electron chi connectivity index (χ1n) is 8.04. The molecular formula is C17H34. The zero-order valence-electron chi connectivity index (χ0n) is 12.8. The molecular weight excluding hydrogens is 204 g/mol. The van der Waals surface area contributed by atoms with Gasteiger partial charge in [0.15, 0.2) is 0 Å². The van der Waals surface area contributed by atoms with E-state index in [9.17, 15) is 0 Å². The molecule has 0 heterocycles. The van der Waals surface area contributed by atoms with Crippen LogP contribution in [0.1, 0.15) is 79.6 Å². The number of hydrogen-bond donors (Lipinski definition) is 0. The molecule has 0 bridgehead atoms. The van der Waals surface area contributed by atoms with E-state index in [2.05, 4.69) is 34.6 Å².